The molecule has 14 heavy (non-hydrogen) atoms. The highest BCUT2D eigenvalue weighted by molar-refractivity contribution is 5.78. The first-order chi connectivity index (χ1) is 6.66. The fourth-order valence-corrected chi connectivity index (χ4v) is 1.04. The SMILES string of the molecule is CC(C)CCCNCC(=O)NCC#N. The van der Waals surface area contributed by atoms with E-state index in [1.807, 2.05) is 6.07 Å². The fraction of sp³-hybridized carbons (Fsp3) is 0.800. The summed E-state index contributed by atoms with van der Waals surface area (Å²) in [6.45, 7) is 5.61. The lowest BCUT2D eigenvalue weighted by Crippen LogP contribution is -2.34. The van der Waals surface area contributed by atoms with Crippen molar-refractivity contribution in [1.29, 1.82) is 5.26 Å². The van der Waals surface area contributed by atoms with Crippen LogP contribution < -0.4 is 10.6 Å². The van der Waals surface area contributed by atoms with Gasteiger partial charge >= 0.3 is 0 Å². The number of rotatable bonds is 7. The van der Waals surface area contributed by atoms with E-state index in [9.17, 15) is 4.79 Å². The average Bonchev–Trinajstić information content (AvgIpc) is 2.13. The number of nitrogens with one attached hydrogen (secondary N) is 2. The van der Waals surface area contributed by atoms with Crippen molar-refractivity contribution in [2.45, 2.75) is 26.7 Å². The van der Waals surface area contributed by atoms with Crippen LogP contribution in [0, 0.1) is 17.2 Å². The summed E-state index contributed by atoms with van der Waals surface area (Å²) in [7, 11) is 0. The maximum absolute atomic E-state index is 11.0. The van der Waals surface area contributed by atoms with Gasteiger partial charge in [-0.2, -0.15) is 5.26 Å². The second-order valence-electron chi connectivity index (χ2n) is 3.65. The smallest absolute Gasteiger partial charge is 0.234 e. The predicted molar refractivity (Wildman–Crippen MR) is 55.6 cm³/mol. The molecule has 0 aliphatic rings. The monoisotopic (exact) mass is 197 g/mol. The third-order valence-electron chi connectivity index (χ3n) is 1.79. The summed E-state index contributed by atoms with van der Waals surface area (Å²) in [6.07, 6.45) is 2.26. The Hall–Kier alpha value is -1.08. The lowest BCUT2D eigenvalue weighted by Gasteiger charge is -2.05. The van der Waals surface area contributed by atoms with Gasteiger partial charge in [-0.05, 0) is 25.3 Å². The molecule has 4 heteroatoms. The van der Waals surface area contributed by atoms with Crippen molar-refractivity contribution in [1.82, 2.24) is 10.6 Å². The zero-order chi connectivity index (χ0) is 10.8. The molecule has 1 amide bonds. The van der Waals surface area contributed by atoms with Gasteiger partial charge in [-0.3, -0.25) is 4.79 Å². The Bertz CT molecular complexity index is 196. The van der Waals surface area contributed by atoms with Gasteiger partial charge in [0.05, 0.1) is 12.6 Å². The molecular weight excluding hydrogens is 178 g/mol. The third-order valence-corrected chi connectivity index (χ3v) is 1.79. The summed E-state index contributed by atoms with van der Waals surface area (Å²) in [4.78, 5) is 11.0. The minimum atomic E-state index is -0.115. The maximum atomic E-state index is 11.0. The van der Waals surface area contributed by atoms with Gasteiger partial charge in [0.2, 0.25) is 5.91 Å². The van der Waals surface area contributed by atoms with Crippen LogP contribution in [0.25, 0.3) is 0 Å². The van der Waals surface area contributed by atoms with Crippen LogP contribution in [0.1, 0.15) is 26.7 Å². The number of carbonyl (C=O) groups is 1. The minimum Gasteiger partial charge on any atom is -0.342 e. The van der Waals surface area contributed by atoms with Crippen LogP contribution in [0.3, 0.4) is 0 Å². The number of hydrogen-bond acceptors (Lipinski definition) is 3. The molecule has 0 rings (SSSR count). The minimum absolute atomic E-state index is 0.0898. The number of nitriles is 1. The van der Waals surface area contributed by atoms with E-state index in [-0.39, 0.29) is 12.5 Å². The van der Waals surface area contributed by atoms with Crippen LogP contribution in [0.4, 0.5) is 0 Å². The lowest BCUT2D eigenvalue weighted by molar-refractivity contribution is -0.120. The average molecular weight is 197 g/mol. The highest BCUT2D eigenvalue weighted by Gasteiger charge is 1.98. The summed E-state index contributed by atoms with van der Waals surface area (Å²) < 4.78 is 0. The lowest BCUT2D eigenvalue weighted by atomic mass is 10.1. The number of amides is 1. The molecule has 4 nitrogen and oxygen atoms in total. The van der Waals surface area contributed by atoms with Gasteiger partial charge in [0, 0.05) is 0 Å². The highest BCUT2D eigenvalue weighted by atomic mass is 16.1. The summed E-state index contributed by atoms with van der Waals surface area (Å²) >= 11 is 0. The van der Waals surface area contributed by atoms with Crippen molar-refractivity contribution in [3.63, 3.8) is 0 Å². The Kier molecular flexibility index (Phi) is 7.86. The second-order valence-corrected chi connectivity index (χ2v) is 3.65. The molecule has 0 unspecified atom stereocenters. The molecule has 0 atom stereocenters. The van der Waals surface area contributed by atoms with Crippen molar-refractivity contribution < 1.29 is 4.79 Å². The van der Waals surface area contributed by atoms with Crippen LogP contribution in [0.2, 0.25) is 0 Å². The predicted octanol–water partition coefficient (Wildman–Crippen LogP) is 0.652. The third kappa shape index (κ3) is 9.01. The van der Waals surface area contributed by atoms with E-state index < -0.39 is 0 Å². The Morgan fingerprint density at radius 3 is 2.79 bits per heavy atom. The molecule has 0 aromatic heterocycles. The zero-order valence-corrected chi connectivity index (χ0v) is 8.97. The summed E-state index contributed by atoms with van der Waals surface area (Å²) in [6, 6.07) is 1.86. The molecule has 0 aromatic carbocycles. The quantitative estimate of drug-likeness (QED) is 0.465. The van der Waals surface area contributed by atoms with Gasteiger partial charge in [-0.15, -0.1) is 0 Å². The van der Waals surface area contributed by atoms with E-state index in [1.54, 1.807) is 0 Å². The van der Waals surface area contributed by atoms with Crippen LogP contribution >= 0.6 is 0 Å². The molecule has 0 saturated heterocycles. The molecule has 0 aliphatic carbocycles. The topological polar surface area (TPSA) is 64.9 Å². The van der Waals surface area contributed by atoms with Gasteiger partial charge in [0.1, 0.15) is 6.54 Å². The van der Waals surface area contributed by atoms with Gasteiger partial charge < -0.3 is 10.6 Å². The maximum Gasteiger partial charge on any atom is 0.234 e. The van der Waals surface area contributed by atoms with Crippen LogP contribution in [-0.4, -0.2) is 25.5 Å². The summed E-state index contributed by atoms with van der Waals surface area (Å²) in [5.41, 5.74) is 0. The molecule has 0 radical (unpaired) electrons. The van der Waals surface area contributed by atoms with Crippen molar-refractivity contribution >= 4 is 5.91 Å². The van der Waals surface area contributed by atoms with Gasteiger partial charge in [-0.25, -0.2) is 0 Å². The van der Waals surface area contributed by atoms with Crippen LogP contribution in [0.5, 0.6) is 0 Å². The van der Waals surface area contributed by atoms with Crippen molar-refractivity contribution in [3.8, 4) is 6.07 Å². The first-order valence-electron chi connectivity index (χ1n) is 5.01. The van der Waals surface area contributed by atoms with Gasteiger partial charge in [0.25, 0.3) is 0 Å². The van der Waals surface area contributed by atoms with Crippen molar-refractivity contribution in [2.75, 3.05) is 19.6 Å². The zero-order valence-electron chi connectivity index (χ0n) is 8.97. The summed E-state index contributed by atoms with van der Waals surface area (Å²) in [5, 5.41) is 13.7. The standard InChI is InChI=1S/C10H19N3O/c1-9(2)4-3-6-12-8-10(14)13-7-5-11/h9,12H,3-4,6-8H2,1-2H3,(H,13,14). The number of nitrogens with zero attached hydrogens (tertiary/aromatic N) is 1. The molecule has 0 heterocycles. The van der Waals surface area contributed by atoms with Crippen molar-refractivity contribution in [2.24, 2.45) is 5.92 Å². The molecule has 2 N–H and O–H groups in total. The van der Waals surface area contributed by atoms with E-state index in [0.29, 0.717) is 12.5 Å². The normalized spacial score (nSPS) is 9.86. The Morgan fingerprint density at radius 1 is 1.50 bits per heavy atom. The summed E-state index contributed by atoms with van der Waals surface area (Å²) in [5.74, 6) is 0.598. The first-order valence-corrected chi connectivity index (χ1v) is 5.01. The molecule has 0 aliphatic heterocycles. The van der Waals surface area contributed by atoms with E-state index in [2.05, 4.69) is 24.5 Å². The molecular formula is C10H19N3O. The molecule has 0 saturated carbocycles. The number of hydrogen-bond donors (Lipinski definition) is 2. The molecule has 0 spiro atoms. The van der Waals surface area contributed by atoms with Gasteiger partial charge in [-0.1, -0.05) is 13.8 Å². The Balaban J connectivity index is 3.20. The van der Waals surface area contributed by atoms with Crippen LogP contribution in [0.15, 0.2) is 0 Å². The Morgan fingerprint density at radius 2 is 2.21 bits per heavy atom. The molecule has 0 fully saturated rings. The molecule has 80 valence electrons. The van der Waals surface area contributed by atoms with Crippen molar-refractivity contribution in [3.05, 3.63) is 0 Å². The molecule has 0 aromatic rings. The highest BCUT2D eigenvalue weighted by Crippen LogP contribution is 2.01. The second kappa shape index (κ2) is 8.52. The fourth-order valence-electron chi connectivity index (χ4n) is 1.04. The largest absolute Gasteiger partial charge is 0.342 e. The number of carbonyl (C=O) groups excluding carboxylic acids is 1. The van der Waals surface area contributed by atoms with Crippen LogP contribution in [-0.2, 0) is 4.79 Å². The first kappa shape index (κ1) is 12.9. The Labute approximate surface area is 85.7 Å². The van der Waals surface area contributed by atoms with E-state index in [4.69, 9.17) is 5.26 Å². The molecule has 0 bridgehead atoms. The van der Waals surface area contributed by atoms with E-state index in [0.717, 1.165) is 13.0 Å². The van der Waals surface area contributed by atoms with E-state index in [1.165, 1.54) is 6.42 Å². The van der Waals surface area contributed by atoms with E-state index >= 15 is 0 Å². The van der Waals surface area contributed by atoms with Gasteiger partial charge in [0.15, 0.2) is 0 Å².